The monoisotopic (exact) mass is 251 g/mol. The van der Waals surface area contributed by atoms with Crippen molar-refractivity contribution in [3.05, 3.63) is 71.4 Å². The maximum Gasteiger partial charge on any atom is 0.0356 e. The fourth-order valence-electron chi connectivity index (χ4n) is 1.98. The van der Waals surface area contributed by atoms with Gasteiger partial charge in [0.1, 0.15) is 0 Å². The quantitative estimate of drug-likeness (QED) is 0.577. The summed E-state index contributed by atoms with van der Waals surface area (Å²) < 4.78 is 0. The zero-order valence-electron chi connectivity index (χ0n) is 10.6. The highest BCUT2D eigenvalue weighted by molar-refractivity contribution is 6.08. The average molecular weight is 251 g/mol. The van der Waals surface area contributed by atoms with Gasteiger partial charge in [0.05, 0.1) is 0 Å². The molecular weight excluding hydrogens is 234 g/mol. The first-order valence-electron chi connectivity index (χ1n) is 6.09. The molecule has 0 amide bonds. The van der Waals surface area contributed by atoms with Crippen LogP contribution < -0.4 is 11.5 Å². The lowest BCUT2D eigenvalue weighted by Gasteiger charge is -2.09. The van der Waals surface area contributed by atoms with Gasteiger partial charge in [-0.2, -0.15) is 0 Å². The second kappa shape index (κ2) is 5.87. The minimum atomic E-state index is 0.665. The fourth-order valence-corrected chi connectivity index (χ4v) is 1.98. The van der Waals surface area contributed by atoms with Crippen molar-refractivity contribution in [3.63, 3.8) is 0 Å². The van der Waals surface area contributed by atoms with Gasteiger partial charge in [-0.1, -0.05) is 42.5 Å². The van der Waals surface area contributed by atoms with Crippen molar-refractivity contribution in [3.8, 4) is 0 Å². The van der Waals surface area contributed by atoms with Crippen molar-refractivity contribution in [2.45, 2.75) is 6.42 Å². The van der Waals surface area contributed by atoms with Crippen molar-refractivity contribution in [1.29, 1.82) is 5.41 Å². The van der Waals surface area contributed by atoms with E-state index in [2.05, 4.69) is 12.1 Å². The van der Waals surface area contributed by atoms with Crippen molar-refractivity contribution >= 4 is 17.5 Å². The predicted molar refractivity (Wildman–Crippen MR) is 81.1 cm³/mol. The van der Waals surface area contributed by atoms with Gasteiger partial charge in [-0.15, -0.1) is 0 Å². The number of benzene rings is 2. The van der Waals surface area contributed by atoms with Gasteiger partial charge in [0.15, 0.2) is 0 Å². The fraction of sp³-hybridized carbons (Fsp3) is 0.0625. The van der Waals surface area contributed by atoms with Gasteiger partial charge in [-0.25, -0.2) is 0 Å². The number of rotatable bonds is 4. The summed E-state index contributed by atoms with van der Waals surface area (Å²) >= 11 is 0. The van der Waals surface area contributed by atoms with Gasteiger partial charge < -0.3 is 16.9 Å². The Bertz CT molecular complexity index is 601. The maximum atomic E-state index is 7.29. The Morgan fingerprint density at radius 2 is 1.84 bits per heavy atom. The van der Waals surface area contributed by atoms with E-state index in [4.69, 9.17) is 16.9 Å². The van der Waals surface area contributed by atoms with Gasteiger partial charge >= 0.3 is 0 Å². The Morgan fingerprint density at radius 3 is 2.42 bits per heavy atom. The number of nitrogens with two attached hydrogens (primary N) is 2. The highest BCUT2D eigenvalue weighted by Gasteiger charge is 2.04. The molecule has 0 fully saturated rings. The molecule has 19 heavy (non-hydrogen) atoms. The zero-order valence-corrected chi connectivity index (χ0v) is 10.6. The molecule has 2 aromatic rings. The normalized spacial score (nSPS) is 11.3. The Morgan fingerprint density at radius 1 is 1.11 bits per heavy atom. The van der Waals surface area contributed by atoms with Crippen LogP contribution >= 0.6 is 0 Å². The van der Waals surface area contributed by atoms with Crippen LogP contribution in [0.3, 0.4) is 0 Å². The van der Waals surface area contributed by atoms with E-state index in [1.165, 1.54) is 18.0 Å². The molecule has 0 bridgehead atoms. The summed E-state index contributed by atoms with van der Waals surface area (Å²) in [5.41, 5.74) is 16.1. The Labute approximate surface area is 113 Å². The van der Waals surface area contributed by atoms with Crippen LogP contribution in [0.25, 0.3) is 5.57 Å². The van der Waals surface area contributed by atoms with Gasteiger partial charge in [0.2, 0.25) is 0 Å². The molecule has 0 aromatic heterocycles. The molecule has 0 heterocycles. The van der Waals surface area contributed by atoms with E-state index in [-0.39, 0.29) is 0 Å². The minimum Gasteiger partial charge on any atom is -0.404 e. The first-order chi connectivity index (χ1) is 9.24. The molecule has 0 atom stereocenters. The molecule has 0 unspecified atom stereocenters. The van der Waals surface area contributed by atoms with E-state index in [0.717, 1.165) is 23.2 Å². The number of anilines is 1. The second-order valence-electron chi connectivity index (χ2n) is 4.34. The molecule has 2 rings (SSSR count). The number of nitrogen functional groups attached to an aromatic ring is 1. The number of nitrogens with one attached hydrogen (secondary N) is 1. The van der Waals surface area contributed by atoms with Crippen LogP contribution in [-0.4, -0.2) is 6.21 Å². The second-order valence-corrected chi connectivity index (χ2v) is 4.34. The lowest BCUT2D eigenvalue weighted by Crippen LogP contribution is -1.98. The summed E-state index contributed by atoms with van der Waals surface area (Å²) in [6.45, 7) is 0. The van der Waals surface area contributed by atoms with Crippen LogP contribution in [0.1, 0.15) is 16.7 Å². The smallest absolute Gasteiger partial charge is 0.0356 e. The molecule has 0 aliphatic heterocycles. The number of allylic oxidation sites excluding steroid dienone is 1. The largest absolute Gasteiger partial charge is 0.404 e. The molecule has 0 radical (unpaired) electrons. The van der Waals surface area contributed by atoms with E-state index >= 15 is 0 Å². The Balaban J connectivity index is 2.27. The lowest BCUT2D eigenvalue weighted by atomic mass is 9.99. The summed E-state index contributed by atoms with van der Waals surface area (Å²) in [5, 5.41) is 7.29. The molecule has 3 heteroatoms. The third-order valence-corrected chi connectivity index (χ3v) is 3.05. The van der Waals surface area contributed by atoms with Gasteiger partial charge in [-0.05, 0) is 29.2 Å². The van der Waals surface area contributed by atoms with Crippen molar-refractivity contribution in [2.24, 2.45) is 5.73 Å². The summed E-state index contributed by atoms with van der Waals surface area (Å²) in [5.74, 6) is 0. The van der Waals surface area contributed by atoms with Crippen LogP contribution in [0.5, 0.6) is 0 Å². The van der Waals surface area contributed by atoms with E-state index in [9.17, 15) is 0 Å². The first kappa shape index (κ1) is 12.9. The molecule has 0 aliphatic carbocycles. The average Bonchev–Trinajstić information content (AvgIpc) is 2.44. The van der Waals surface area contributed by atoms with Crippen molar-refractivity contribution in [2.75, 3.05) is 5.73 Å². The molecule has 0 spiro atoms. The van der Waals surface area contributed by atoms with Gasteiger partial charge in [-0.3, -0.25) is 0 Å². The molecule has 5 N–H and O–H groups in total. The Kier molecular flexibility index (Phi) is 3.98. The van der Waals surface area contributed by atoms with Crippen LogP contribution in [0.2, 0.25) is 0 Å². The highest BCUT2D eigenvalue weighted by Crippen LogP contribution is 2.21. The standard InChI is InChI=1S/C16H17N3/c17-10-15(11-18)13-6-7-14(16(19)9-13)8-12-4-2-1-3-5-12/h1-7,9-11,17H,8,18-19H2/b15-11+,17-10?. The minimum absolute atomic E-state index is 0.665. The molecule has 3 nitrogen and oxygen atoms in total. The molecule has 0 aliphatic rings. The van der Waals surface area contributed by atoms with E-state index < -0.39 is 0 Å². The van der Waals surface area contributed by atoms with Crippen LogP contribution in [0.4, 0.5) is 5.69 Å². The third kappa shape index (κ3) is 3.01. The topological polar surface area (TPSA) is 75.9 Å². The predicted octanol–water partition coefficient (Wildman–Crippen LogP) is 2.81. The highest BCUT2D eigenvalue weighted by atomic mass is 14.6. The summed E-state index contributed by atoms with van der Waals surface area (Å²) in [6.07, 6.45) is 3.45. The molecule has 0 saturated heterocycles. The lowest BCUT2D eigenvalue weighted by molar-refractivity contribution is 1.20. The number of hydrogen-bond donors (Lipinski definition) is 3. The van der Waals surface area contributed by atoms with Crippen molar-refractivity contribution < 1.29 is 0 Å². The summed E-state index contributed by atoms with van der Waals surface area (Å²) in [4.78, 5) is 0. The van der Waals surface area contributed by atoms with Gasteiger partial charge in [0.25, 0.3) is 0 Å². The Hall–Kier alpha value is -2.55. The molecular formula is C16H17N3. The van der Waals surface area contributed by atoms with E-state index in [1.54, 1.807) is 0 Å². The van der Waals surface area contributed by atoms with Crippen LogP contribution in [0, 0.1) is 5.41 Å². The molecule has 2 aromatic carbocycles. The van der Waals surface area contributed by atoms with Crippen LogP contribution in [0.15, 0.2) is 54.7 Å². The third-order valence-electron chi connectivity index (χ3n) is 3.05. The summed E-state index contributed by atoms with van der Waals surface area (Å²) in [7, 11) is 0. The summed E-state index contributed by atoms with van der Waals surface area (Å²) in [6, 6.07) is 16.0. The van der Waals surface area contributed by atoms with Crippen molar-refractivity contribution in [1.82, 2.24) is 0 Å². The maximum absolute atomic E-state index is 7.29. The number of hydrogen-bond acceptors (Lipinski definition) is 3. The first-order valence-corrected chi connectivity index (χ1v) is 6.09. The van der Waals surface area contributed by atoms with Crippen LogP contribution in [-0.2, 0) is 6.42 Å². The zero-order chi connectivity index (χ0) is 13.7. The van der Waals surface area contributed by atoms with E-state index in [0.29, 0.717) is 5.57 Å². The molecule has 0 saturated carbocycles. The SMILES string of the molecule is N=C/C(=C\N)c1ccc(Cc2ccccc2)c(N)c1. The van der Waals surface area contributed by atoms with E-state index in [1.807, 2.05) is 36.4 Å². The molecule has 96 valence electrons. The van der Waals surface area contributed by atoms with Gasteiger partial charge in [0, 0.05) is 23.7 Å².